The number of rotatable bonds is 7. The van der Waals surface area contributed by atoms with Crippen LogP contribution in [0, 0.1) is 0 Å². The van der Waals surface area contributed by atoms with Gasteiger partial charge in [0.15, 0.2) is 11.5 Å². The summed E-state index contributed by atoms with van der Waals surface area (Å²) in [5.74, 6) is 1.10. The van der Waals surface area contributed by atoms with Crippen LogP contribution < -0.4 is 9.47 Å². The number of hydrogen-bond donors (Lipinski definition) is 1. The first-order valence-corrected chi connectivity index (χ1v) is 14.2. The Balaban J connectivity index is 1.06. The van der Waals surface area contributed by atoms with E-state index in [1.807, 2.05) is 36.9 Å². The maximum absolute atomic E-state index is 11.5. The standard InChI is InChI=1S/C28H31N5O5S/c1-28(23-14-31(2)16-29-23)37-21-5-3-4-19(25(21)38-28)17-6-9-32(10-7-17)15-24-30-26-20(12-22(39-26)27(34)35)33(24)13-18-8-11-36-18/h3-5,12,14,16-18H,6-11,13,15H2,1-2H3,(H,34,35). The summed E-state index contributed by atoms with van der Waals surface area (Å²) in [6.45, 7) is 6.02. The lowest BCUT2D eigenvalue weighted by Crippen LogP contribution is -2.35. The van der Waals surface area contributed by atoms with Crippen LogP contribution in [-0.2, 0) is 30.7 Å². The van der Waals surface area contributed by atoms with E-state index in [9.17, 15) is 9.90 Å². The second kappa shape index (κ2) is 9.35. The molecule has 2 unspecified atom stereocenters. The Hall–Kier alpha value is -3.41. The fourth-order valence-corrected chi connectivity index (χ4v) is 6.74. The monoisotopic (exact) mass is 549 g/mol. The number of aromatic nitrogens is 4. The zero-order valence-corrected chi connectivity index (χ0v) is 22.8. The SMILES string of the molecule is Cn1cnc(C2(C)Oc3cccc(C4CCN(Cc5nc6sc(C(=O)O)cc6n5CC5CCO5)CC4)c3O2)c1. The van der Waals surface area contributed by atoms with Crippen molar-refractivity contribution in [3.8, 4) is 11.5 Å². The second-order valence-corrected chi connectivity index (χ2v) is 11.9. The first kappa shape index (κ1) is 24.6. The number of piperidine rings is 1. The van der Waals surface area contributed by atoms with Gasteiger partial charge in [-0.25, -0.2) is 14.8 Å². The predicted molar refractivity (Wildman–Crippen MR) is 144 cm³/mol. The molecule has 7 rings (SSSR count). The molecule has 1 N–H and O–H groups in total. The number of imidazole rings is 2. The van der Waals surface area contributed by atoms with E-state index in [1.54, 1.807) is 12.4 Å². The molecule has 0 radical (unpaired) electrons. The summed E-state index contributed by atoms with van der Waals surface area (Å²) in [7, 11) is 1.94. The first-order chi connectivity index (χ1) is 18.9. The molecule has 0 bridgehead atoms. The number of hydrogen-bond acceptors (Lipinski definition) is 8. The Labute approximate surface area is 229 Å². The van der Waals surface area contributed by atoms with Crippen molar-refractivity contribution in [1.82, 2.24) is 24.0 Å². The van der Waals surface area contributed by atoms with Gasteiger partial charge < -0.3 is 28.5 Å². The van der Waals surface area contributed by atoms with Gasteiger partial charge in [-0.1, -0.05) is 12.1 Å². The van der Waals surface area contributed by atoms with Crippen LogP contribution in [0.15, 0.2) is 36.8 Å². The van der Waals surface area contributed by atoms with Gasteiger partial charge in [0.05, 0.1) is 31.0 Å². The number of aryl methyl sites for hydroxylation is 1. The third kappa shape index (κ3) is 4.38. The van der Waals surface area contributed by atoms with Gasteiger partial charge >= 0.3 is 5.97 Å². The van der Waals surface area contributed by atoms with E-state index in [4.69, 9.17) is 19.2 Å². The first-order valence-electron chi connectivity index (χ1n) is 13.4. The molecule has 0 aliphatic carbocycles. The minimum atomic E-state index is -0.936. The van der Waals surface area contributed by atoms with E-state index in [1.165, 1.54) is 16.9 Å². The minimum Gasteiger partial charge on any atom is -0.477 e. The number of nitrogens with zero attached hydrogens (tertiary/aromatic N) is 5. The van der Waals surface area contributed by atoms with E-state index < -0.39 is 11.8 Å². The van der Waals surface area contributed by atoms with Crippen LogP contribution in [0.4, 0.5) is 0 Å². The maximum Gasteiger partial charge on any atom is 0.346 e. The number of ether oxygens (including phenoxy) is 3. The van der Waals surface area contributed by atoms with Crippen LogP contribution in [0.3, 0.4) is 0 Å². The predicted octanol–water partition coefficient (Wildman–Crippen LogP) is 4.34. The highest BCUT2D eigenvalue weighted by Crippen LogP contribution is 2.49. The molecule has 0 spiro atoms. The number of fused-ring (bicyclic) bond motifs is 2. The van der Waals surface area contributed by atoms with Crippen LogP contribution in [-0.4, -0.2) is 60.9 Å². The van der Waals surface area contributed by atoms with Crippen molar-refractivity contribution in [1.29, 1.82) is 0 Å². The zero-order valence-electron chi connectivity index (χ0n) is 22.0. The summed E-state index contributed by atoms with van der Waals surface area (Å²) >= 11 is 1.24. The highest BCUT2D eigenvalue weighted by atomic mass is 32.1. The van der Waals surface area contributed by atoms with Gasteiger partial charge in [0.1, 0.15) is 21.2 Å². The summed E-state index contributed by atoms with van der Waals surface area (Å²) in [5, 5.41) is 9.45. The third-order valence-corrected chi connectivity index (χ3v) is 9.10. The molecule has 0 saturated carbocycles. The van der Waals surface area contributed by atoms with Gasteiger partial charge in [-0.15, -0.1) is 11.3 Å². The van der Waals surface area contributed by atoms with Crippen LogP contribution in [0.25, 0.3) is 10.3 Å². The van der Waals surface area contributed by atoms with Crippen molar-refractivity contribution in [2.45, 2.75) is 57.1 Å². The van der Waals surface area contributed by atoms with Gasteiger partial charge in [-0.2, -0.15) is 0 Å². The topological polar surface area (TPSA) is 104 Å². The zero-order chi connectivity index (χ0) is 26.7. The highest BCUT2D eigenvalue weighted by Gasteiger charge is 2.42. The van der Waals surface area contributed by atoms with Crippen LogP contribution >= 0.6 is 11.3 Å². The van der Waals surface area contributed by atoms with Gasteiger partial charge in [0.2, 0.25) is 0 Å². The summed E-state index contributed by atoms with van der Waals surface area (Å²) in [5.41, 5.74) is 2.84. The molecule has 2 atom stereocenters. The molecule has 1 aromatic carbocycles. The molecule has 6 heterocycles. The number of benzene rings is 1. The number of para-hydroxylation sites is 1. The van der Waals surface area contributed by atoms with Crippen molar-refractivity contribution in [3.63, 3.8) is 0 Å². The van der Waals surface area contributed by atoms with E-state index in [2.05, 4.69) is 20.5 Å². The quantitative estimate of drug-likeness (QED) is 0.363. The summed E-state index contributed by atoms with van der Waals surface area (Å²) in [6.07, 6.45) is 6.88. The molecule has 10 nitrogen and oxygen atoms in total. The van der Waals surface area contributed by atoms with Crippen molar-refractivity contribution in [2.75, 3.05) is 19.7 Å². The van der Waals surface area contributed by atoms with Gasteiger partial charge in [-0.05, 0) is 50.4 Å². The van der Waals surface area contributed by atoms with Crippen molar-refractivity contribution >= 4 is 27.7 Å². The Morgan fingerprint density at radius 3 is 2.74 bits per heavy atom. The normalized spacial score (nSPS) is 23.4. The molecule has 4 aromatic rings. The van der Waals surface area contributed by atoms with Gasteiger partial charge in [-0.3, -0.25) is 4.90 Å². The van der Waals surface area contributed by atoms with Gasteiger partial charge in [0.25, 0.3) is 5.79 Å². The lowest BCUT2D eigenvalue weighted by molar-refractivity contribution is -0.0720. The average molecular weight is 550 g/mol. The summed E-state index contributed by atoms with van der Waals surface area (Å²) in [6, 6.07) is 7.92. The fourth-order valence-electron chi connectivity index (χ4n) is 5.85. The molecule has 2 fully saturated rings. The number of carboxylic acids is 1. The Bertz CT molecular complexity index is 1550. The smallest absolute Gasteiger partial charge is 0.346 e. The second-order valence-electron chi connectivity index (χ2n) is 10.8. The molecule has 0 amide bonds. The highest BCUT2D eigenvalue weighted by molar-refractivity contribution is 7.20. The molecule has 39 heavy (non-hydrogen) atoms. The van der Waals surface area contributed by atoms with Crippen molar-refractivity contribution in [2.24, 2.45) is 7.05 Å². The lowest BCUT2D eigenvalue weighted by Gasteiger charge is -2.33. The Kier molecular flexibility index (Phi) is 5.91. The van der Waals surface area contributed by atoms with Crippen molar-refractivity contribution in [3.05, 3.63) is 58.7 Å². The molecule has 3 aromatic heterocycles. The fraction of sp³-hybridized carbons (Fsp3) is 0.464. The van der Waals surface area contributed by atoms with E-state index in [-0.39, 0.29) is 6.10 Å². The molecular formula is C28H31N5O5S. The largest absolute Gasteiger partial charge is 0.477 e. The molecule has 204 valence electrons. The molecule has 2 saturated heterocycles. The summed E-state index contributed by atoms with van der Waals surface area (Å²) < 4.78 is 22.5. The number of likely N-dealkylation sites (tertiary alicyclic amines) is 1. The van der Waals surface area contributed by atoms with Crippen LogP contribution in [0.1, 0.15) is 58.9 Å². The molecular weight excluding hydrogens is 518 g/mol. The Morgan fingerprint density at radius 2 is 2.05 bits per heavy atom. The van der Waals surface area contributed by atoms with Crippen LogP contribution in [0.5, 0.6) is 11.5 Å². The number of thiophene rings is 1. The van der Waals surface area contributed by atoms with E-state index in [0.29, 0.717) is 17.3 Å². The maximum atomic E-state index is 11.5. The van der Waals surface area contributed by atoms with Crippen molar-refractivity contribution < 1.29 is 24.1 Å². The Morgan fingerprint density at radius 1 is 1.23 bits per heavy atom. The average Bonchev–Trinajstić information content (AvgIpc) is 3.64. The molecule has 11 heteroatoms. The minimum absolute atomic E-state index is 0.166. The number of carbonyl (C=O) groups is 1. The van der Waals surface area contributed by atoms with Crippen LogP contribution in [0.2, 0.25) is 0 Å². The lowest BCUT2D eigenvalue weighted by atomic mass is 9.88. The molecule has 3 aliphatic rings. The van der Waals surface area contributed by atoms with Gasteiger partial charge in [0, 0.05) is 32.3 Å². The number of aromatic carboxylic acids is 1. The van der Waals surface area contributed by atoms with E-state index in [0.717, 1.165) is 78.9 Å². The molecule has 3 aliphatic heterocycles. The number of carboxylic acid groups (broad SMARTS) is 1. The van der Waals surface area contributed by atoms with E-state index >= 15 is 0 Å². The third-order valence-electron chi connectivity index (χ3n) is 8.09. The summed E-state index contributed by atoms with van der Waals surface area (Å²) in [4.78, 5) is 24.4.